The molecule has 0 fully saturated rings. The van der Waals surface area contributed by atoms with Crippen LogP contribution in [0.4, 0.5) is 0 Å². The highest BCUT2D eigenvalue weighted by Crippen LogP contribution is 2.19. The zero-order chi connectivity index (χ0) is 56.9. The van der Waals surface area contributed by atoms with Crippen molar-refractivity contribution in [3.05, 3.63) is 12.2 Å². The van der Waals surface area contributed by atoms with Gasteiger partial charge < -0.3 is 33.3 Å². The maximum Gasteiger partial charge on any atom is 0.306 e. The molecule has 0 aromatic heterocycles. The first-order valence-corrected chi connectivity index (χ1v) is 34.3. The number of carboxylic acid groups (broad SMARTS) is 1. The van der Waals surface area contributed by atoms with Gasteiger partial charge in [-0.3, -0.25) is 9.59 Å². The number of unbranched alkanes of at least 4 members (excludes halogenated alkanes) is 48. The lowest BCUT2D eigenvalue weighted by atomic mass is 10.0. The first-order chi connectivity index (χ1) is 38.1. The second-order valence-electron chi connectivity index (χ2n) is 24.8. The van der Waals surface area contributed by atoms with Crippen molar-refractivity contribution in [3.63, 3.8) is 0 Å². The average molecular weight is 1100 g/mol. The van der Waals surface area contributed by atoms with Gasteiger partial charge in [-0.25, -0.2) is 0 Å². The van der Waals surface area contributed by atoms with Gasteiger partial charge in [0, 0.05) is 12.8 Å². The van der Waals surface area contributed by atoms with Crippen LogP contribution in [0.25, 0.3) is 0 Å². The van der Waals surface area contributed by atoms with Crippen LogP contribution in [0.1, 0.15) is 354 Å². The van der Waals surface area contributed by atoms with Crippen molar-refractivity contribution in [3.8, 4) is 0 Å². The summed E-state index contributed by atoms with van der Waals surface area (Å²) in [5.74, 6) is -2.26. The van der Waals surface area contributed by atoms with E-state index < -0.39 is 24.3 Å². The second-order valence-corrected chi connectivity index (χ2v) is 24.8. The van der Waals surface area contributed by atoms with Crippen LogP contribution in [-0.2, 0) is 33.3 Å². The number of hydrogen-bond acceptors (Lipinski definition) is 8. The molecular weight excluding hydrogens is 971 g/mol. The van der Waals surface area contributed by atoms with Crippen molar-refractivity contribution in [2.45, 2.75) is 367 Å². The Morgan fingerprint density at radius 3 is 0.949 bits per heavy atom. The fourth-order valence-corrected chi connectivity index (χ4v) is 10.5. The number of esters is 2. The zero-order valence-corrected chi connectivity index (χ0v) is 52.8. The first-order valence-electron chi connectivity index (χ1n) is 34.3. The Morgan fingerprint density at radius 1 is 0.372 bits per heavy atom. The molecular formula is C69H133NO8. The standard InChI is InChI=1S/C69H133NO8/c1-6-8-10-12-14-16-18-20-22-24-26-27-28-29-30-31-32-33-34-35-36-37-38-39-40-42-43-45-47-49-51-53-55-57-59-66(71)76-63-65(64-77-69(68(73)74)75-62-61-70(3,4)5)78-67(72)60-58-56-54-52-50-48-46-44-41-25-23-21-19-17-15-13-11-9-7-2/h21,23,65,69H,6-20,22,24-64H2,1-5H3/b23-21-. The Balaban J connectivity index is 3.99. The summed E-state index contributed by atoms with van der Waals surface area (Å²) in [6.07, 6.45) is 70.2. The van der Waals surface area contributed by atoms with Crippen molar-refractivity contribution < 1.29 is 42.9 Å². The molecule has 0 aliphatic rings. The minimum absolute atomic E-state index is 0.151. The van der Waals surface area contributed by atoms with Gasteiger partial charge in [-0.1, -0.05) is 315 Å². The smallest absolute Gasteiger partial charge is 0.306 e. The molecule has 0 rings (SSSR count). The number of hydrogen-bond donors (Lipinski definition) is 0. The summed E-state index contributed by atoms with van der Waals surface area (Å²) in [5.41, 5.74) is 0. The van der Waals surface area contributed by atoms with E-state index >= 15 is 0 Å². The summed E-state index contributed by atoms with van der Waals surface area (Å²) < 4.78 is 22.8. The predicted molar refractivity (Wildman–Crippen MR) is 330 cm³/mol. The van der Waals surface area contributed by atoms with Crippen LogP contribution in [0.3, 0.4) is 0 Å². The summed E-state index contributed by atoms with van der Waals surface area (Å²) >= 11 is 0. The number of carboxylic acids is 1. The van der Waals surface area contributed by atoms with E-state index in [2.05, 4.69) is 26.0 Å². The second kappa shape index (κ2) is 61.1. The Kier molecular flexibility index (Phi) is 59.6. The van der Waals surface area contributed by atoms with E-state index in [1.807, 2.05) is 21.1 Å². The highest BCUT2D eigenvalue weighted by Gasteiger charge is 2.22. The van der Waals surface area contributed by atoms with Crippen molar-refractivity contribution in [2.24, 2.45) is 0 Å². The third kappa shape index (κ3) is 61.6. The number of carbonyl (C=O) groups is 3. The van der Waals surface area contributed by atoms with Gasteiger partial charge in [0.05, 0.1) is 40.3 Å². The topological polar surface area (TPSA) is 111 Å². The molecule has 0 amide bonds. The minimum atomic E-state index is -1.62. The fraction of sp³-hybridized carbons (Fsp3) is 0.928. The molecule has 0 bridgehead atoms. The number of carbonyl (C=O) groups excluding carboxylic acids is 3. The SMILES string of the molecule is CCCCCCCC/C=C\CCCCCCCCCCCC(=O)OC(COC(=O)CCCCCCCCCCCCCCCCCCCCCCCCCCCCCCCCCCCC)COC(OCC[N+](C)(C)C)C(=O)[O-]. The molecule has 0 saturated heterocycles. The van der Waals surface area contributed by atoms with Gasteiger partial charge in [-0.15, -0.1) is 0 Å². The minimum Gasteiger partial charge on any atom is -0.545 e. The molecule has 0 spiro atoms. The van der Waals surface area contributed by atoms with Gasteiger partial charge >= 0.3 is 11.9 Å². The quantitative estimate of drug-likeness (QED) is 0.0195. The van der Waals surface area contributed by atoms with Gasteiger partial charge in [0.25, 0.3) is 0 Å². The molecule has 9 nitrogen and oxygen atoms in total. The molecule has 0 aliphatic carbocycles. The molecule has 0 radical (unpaired) electrons. The largest absolute Gasteiger partial charge is 0.545 e. The first kappa shape index (κ1) is 76.0. The normalized spacial score (nSPS) is 12.7. The zero-order valence-electron chi connectivity index (χ0n) is 52.8. The van der Waals surface area contributed by atoms with Crippen molar-refractivity contribution in [1.82, 2.24) is 0 Å². The summed E-state index contributed by atoms with van der Waals surface area (Å²) in [5, 5.41) is 11.8. The van der Waals surface area contributed by atoms with Crippen molar-refractivity contribution in [2.75, 3.05) is 47.5 Å². The Morgan fingerprint density at radius 2 is 0.654 bits per heavy atom. The molecule has 78 heavy (non-hydrogen) atoms. The van der Waals surface area contributed by atoms with Crippen molar-refractivity contribution >= 4 is 17.9 Å². The Hall–Kier alpha value is -1.97. The van der Waals surface area contributed by atoms with Crippen LogP contribution in [0, 0.1) is 0 Å². The van der Waals surface area contributed by atoms with E-state index in [-0.39, 0.29) is 32.2 Å². The molecule has 0 aromatic rings. The molecule has 0 saturated carbocycles. The van der Waals surface area contributed by atoms with Crippen LogP contribution in [-0.4, -0.2) is 82.3 Å². The third-order valence-corrected chi connectivity index (χ3v) is 15.8. The average Bonchev–Trinajstić information content (AvgIpc) is 3.41. The van der Waals surface area contributed by atoms with Crippen LogP contribution in [0.15, 0.2) is 12.2 Å². The lowest BCUT2D eigenvalue weighted by molar-refractivity contribution is -0.870. The van der Waals surface area contributed by atoms with Gasteiger partial charge in [0.1, 0.15) is 13.2 Å². The van der Waals surface area contributed by atoms with Crippen LogP contribution in [0.2, 0.25) is 0 Å². The number of aliphatic carboxylic acids is 1. The summed E-state index contributed by atoms with van der Waals surface area (Å²) in [6.45, 7) is 4.81. The Bertz CT molecular complexity index is 1280. The van der Waals surface area contributed by atoms with E-state index in [9.17, 15) is 19.5 Å². The molecule has 2 atom stereocenters. The van der Waals surface area contributed by atoms with Crippen LogP contribution < -0.4 is 5.11 Å². The monoisotopic (exact) mass is 1100 g/mol. The lowest BCUT2D eigenvalue weighted by Crippen LogP contribution is -2.44. The van der Waals surface area contributed by atoms with Gasteiger partial charge in [-0.2, -0.15) is 0 Å². The van der Waals surface area contributed by atoms with Gasteiger partial charge in [-0.05, 0) is 38.5 Å². The molecule has 0 aliphatic heterocycles. The number of nitrogens with zero attached hydrogens (tertiary/aromatic N) is 1. The summed E-state index contributed by atoms with van der Waals surface area (Å²) in [4.78, 5) is 37.4. The summed E-state index contributed by atoms with van der Waals surface area (Å²) in [6, 6.07) is 0. The maximum absolute atomic E-state index is 12.9. The number of allylic oxidation sites excluding steroid dienone is 2. The van der Waals surface area contributed by atoms with Gasteiger partial charge in [0.15, 0.2) is 12.4 Å². The molecule has 0 aromatic carbocycles. The third-order valence-electron chi connectivity index (χ3n) is 15.8. The summed E-state index contributed by atoms with van der Waals surface area (Å²) in [7, 11) is 5.94. The number of quaternary nitrogens is 1. The van der Waals surface area contributed by atoms with E-state index in [0.29, 0.717) is 23.9 Å². The van der Waals surface area contributed by atoms with E-state index in [1.54, 1.807) is 0 Å². The highest BCUT2D eigenvalue weighted by atomic mass is 16.7. The number of ether oxygens (including phenoxy) is 4. The van der Waals surface area contributed by atoms with E-state index in [4.69, 9.17) is 18.9 Å². The predicted octanol–water partition coefficient (Wildman–Crippen LogP) is 19.5. The molecule has 9 heteroatoms. The van der Waals surface area contributed by atoms with E-state index in [1.165, 1.54) is 283 Å². The number of likely N-dealkylation sites (N-methyl/N-ethyl adjacent to an activating group) is 1. The van der Waals surface area contributed by atoms with E-state index in [0.717, 1.165) is 38.5 Å². The molecule has 2 unspecified atom stereocenters. The lowest BCUT2D eigenvalue weighted by Gasteiger charge is -2.26. The van der Waals surface area contributed by atoms with Crippen LogP contribution in [0.5, 0.6) is 0 Å². The van der Waals surface area contributed by atoms with Crippen molar-refractivity contribution in [1.29, 1.82) is 0 Å². The van der Waals surface area contributed by atoms with Gasteiger partial charge in [0.2, 0.25) is 0 Å². The molecule has 0 N–H and O–H groups in total. The molecule has 462 valence electrons. The molecule has 0 heterocycles. The fourth-order valence-electron chi connectivity index (χ4n) is 10.5. The number of rotatable bonds is 65. The van der Waals surface area contributed by atoms with Crippen LogP contribution >= 0.6 is 0 Å². The highest BCUT2D eigenvalue weighted by molar-refractivity contribution is 5.70. The Labute approximate surface area is 485 Å². The maximum atomic E-state index is 12.9.